The van der Waals surface area contributed by atoms with Gasteiger partial charge >= 0.3 is 133 Å². The average Bonchev–Trinajstić information content (AvgIpc) is 2.38. The zero-order chi connectivity index (χ0) is 13.5. The third-order valence-corrected chi connectivity index (χ3v) is 7.38. The molecule has 0 unspecified atom stereocenters. The summed E-state index contributed by atoms with van der Waals surface area (Å²) in [5.41, 5.74) is 0. The van der Waals surface area contributed by atoms with Crippen molar-refractivity contribution in [3.05, 3.63) is 0 Å². The molecule has 0 saturated carbocycles. The molecule has 0 aliphatic heterocycles. The van der Waals surface area contributed by atoms with Crippen molar-refractivity contribution in [2.45, 2.75) is 52.4 Å². The summed E-state index contributed by atoms with van der Waals surface area (Å²) in [4.78, 5) is 11.1. The van der Waals surface area contributed by atoms with E-state index in [1.165, 1.54) is 12.8 Å². The van der Waals surface area contributed by atoms with E-state index in [2.05, 4.69) is 13.8 Å². The average molecular weight is 472 g/mol. The van der Waals surface area contributed by atoms with Gasteiger partial charge in [0.1, 0.15) is 0 Å². The van der Waals surface area contributed by atoms with Crippen LogP contribution < -0.4 is 0 Å². The second kappa shape index (κ2) is 15.8. The van der Waals surface area contributed by atoms with Crippen LogP contribution in [0.15, 0.2) is 0 Å². The van der Waals surface area contributed by atoms with Crippen molar-refractivity contribution in [1.82, 2.24) is 0 Å². The molecule has 0 aliphatic carbocycles. The zero-order valence-corrected chi connectivity index (χ0v) is 16.9. The van der Waals surface area contributed by atoms with Gasteiger partial charge in [0, 0.05) is 0 Å². The van der Waals surface area contributed by atoms with Gasteiger partial charge in [-0.05, 0) is 0 Å². The summed E-state index contributed by atoms with van der Waals surface area (Å²) in [7, 11) is 0. The monoisotopic (exact) mass is 474 g/mol. The van der Waals surface area contributed by atoms with E-state index in [-0.39, 0.29) is 0 Å². The molecule has 0 spiro atoms. The summed E-state index contributed by atoms with van der Waals surface area (Å²) < 4.78 is 20.5. The van der Waals surface area contributed by atoms with Crippen molar-refractivity contribution < 1.29 is 17.1 Å². The minimum absolute atomic E-state index is 0.444. The maximum atomic E-state index is 11.1. The SMILES string of the molecule is CCCCC[O][Sn][O][Sn][O]C(=O)OCCCCC. The van der Waals surface area contributed by atoms with Gasteiger partial charge in [0.2, 0.25) is 0 Å². The summed E-state index contributed by atoms with van der Waals surface area (Å²) in [6.45, 7) is 5.48. The standard InChI is InChI=1S/C6H12O3.C5H11O.O.2Sn/c1-2-3-4-5-9-6(7)8;1-2-3-4-5-6;;;/h2-5H2,1H3,(H,7,8);2-5H2,1H3;;;/q;-1;;2*+1/p-1. The summed E-state index contributed by atoms with van der Waals surface area (Å²) in [5, 5.41) is 0. The van der Waals surface area contributed by atoms with Crippen LogP contribution in [0.25, 0.3) is 0 Å². The maximum absolute atomic E-state index is 11.1. The fraction of sp³-hybridized carbons (Fsp3) is 0.909. The molecule has 0 aromatic carbocycles. The Balaban J connectivity index is 3.10. The van der Waals surface area contributed by atoms with Gasteiger partial charge in [-0.3, -0.25) is 0 Å². The second-order valence-corrected chi connectivity index (χ2v) is 10.6. The van der Waals surface area contributed by atoms with Crippen molar-refractivity contribution in [1.29, 1.82) is 0 Å². The van der Waals surface area contributed by atoms with Crippen molar-refractivity contribution >= 4 is 50.1 Å². The number of carbonyl (C=O) groups excluding carboxylic acids is 1. The molecule has 18 heavy (non-hydrogen) atoms. The Morgan fingerprint density at radius 1 is 0.944 bits per heavy atom. The molecule has 5 nitrogen and oxygen atoms in total. The number of hydrogen-bond donors (Lipinski definition) is 0. The van der Waals surface area contributed by atoms with E-state index in [0.717, 1.165) is 32.3 Å². The van der Waals surface area contributed by atoms with Gasteiger partial charge in [-0.1, -0.05) is 0 Å². The molecule has 0 aromatic heterocycles. The predicted molar refractivity (Wildman–Crippen MR) is 70.0 cm³/mol. The minimum atomic E-state index is -1.51. The summed E-state index contributed by atoms with van der Waals surface area (Å²) in [5.74, 6) is 0. The quantitative estimate of drug-likeness (QED) is 0.249. The van der Waals surface area contributed by atoms with E-state index >= 15 is 0 Å². The van der Waals surface area contributed by atoms with Gasteiger partial charge in [-0.25, -0.2) is 0 Å². The first kappa shape index (κ1) is 18.8. The van der Waals surface area contributed by atoms with Crippen LogP contribution in [-0.2, 0) is 12.3 Å². The molecule has 0 atom stereocenters. The molecule has 0 heterocycles. The van der Waals surface area contributed by atoms with Crippen LogP contribution in [0, 0.1) is 0 Å². The molecule has 104 valence electrons. The third kappa shape index (κ3) is 14.8. The van der Waals surface area contributed by atoms with Crippen molar-refractivity contribution in [2.75, 3.05) is 13.2 Å². The molecule has 7 heteroatoms. The van der Waals surface area contributed by atoms with Gasteiger partial charge in [0.15, 0.2) is 0 Å². The fourth-order valence-electron chi connectivity index (χ4n) is 1.10. The number of ether oxygens (including phenoxy) is 1. The van der Waals surface area contributed by atoms with Gasteiger partial charge in [-0.2, -0.15) is 0 Å². The van der Waals surface area contributed by atoms with E-state index in [0.29, 0.717) is 6.61 Å². The Kier molecular flexibility index (Phi) is 16.5. The Hall–Kier alpha value is 0.787. The van der Waals surface area contributed by atoms with Crippen LogP contribution in [0.1, 0.15) is 52.4 Å². The third-order valence-electron chi connectivity index (χ3n) is 2.09. The van der Waals surface area contributed by atoms with Gasteiger partial charge in [0.25, 0.3) is 0 Å². The predicted octanol–water partition coefficient (Wildman–Crippen LogP) is 2.62. The molecule has 0 amide bonds. The number of unbranched alkanes of at least 4 members (excludes halogenated alkanes) is 4. The Morgan fingerprint density at radius 3 is 2.28 bits per heavy atom. The van der Waals surface area contributed by atoms with Gasteiger partial charge in [-0.15, -0.1) is 0 Å². The molecule has 0 aliphatic rings. The van der Waals surface area contributed by atoms with Crippen LogP contribution in [0.3, 0.4) is 0 Å². The summed E-state index contributed by atoms with van der Waals surface area (Å²) in [6.07, 6.45) is 5.98. The Labute approximate surface area is 132 Å². The number of hydrogen-bond acceptors (Lipinski definition) is 5. The fourth-order valence-corrected chi connectivity index (χ4v) is 5.08. The molecule has 0 bridgehead atoms. The Morgan fingerprint density at radius 2 is 1.61 bits per heavy atom. The topological polar surface area (TPSA) is 54.0 Å². The van der Waals surface area contributed by atoms with Crippen LogP contribution in [0.2, 0.25) is 0 Å². The summed E-state index contributed by atoms with van der Waals surface area (Å²) in [6, 6.07) is 0. The first-order valence-corrected chi connectivity index (χ1v) is 11.1. The van der Waals surface area contributed by atoms with Gasteiger partial charge in [0.05, 0.1) is 0 Å². The molecule has 0 rings (SSSR count). The van der Waals surface area contributed by atoms with Crippen LogP contribution in [0.4, 0.5) is 4.79 Å². The van der Waals surface area contributed by atoms with Crippen molar-refractivity contribution in [3.8, 4) is 0 Å². The molecule has 0 N–H and O–H groups in total. The molecule has 0 fully saturated rings. The van der Waals surface area contributed by atoms with E-state index in [1.54, 1.807) is 0 Å². The molecular formula is C11H22O5Sn2. The molecule has 0 aromatic rings. The van der Waals surface area contributed by atoms with Gasteiger partial charge < -0.3 is 0 Å². The van der Waals surface area contributed by atoms with Crippen LogP contribution >= 0.6 is 0 Å². The van der Waals surface area contributed by atoms with Crippen molar-refractivity contribution in [2.24, 2.45) is 0 Å². The van der Waals surface area contributed by atoms with E-state index in [9.17, 15) is 4.79 Å². The zero-order valence-electron chi connectivity index (χ0n) is 11.2. The number of carbonyl (C=O) groups is 1. The molecule has 0 saturated heterocycles. The van der Waals surface area contributed by atoms with Crippen molar-refractivity contribution in [3.63, 3.8) is 0 Å². The van der Waals surface area contributed by atoms with E-state index < -0.39 is 50.1 Å². The van der Waals surface area contributed by atoms with Crippen LogP contribution in [0.5, 0.6) is 0 Å². The first-order valence-electron chi connectivity index (χ1n) is 6.42. The molecular weight excluding hydrogens is 450 g/mol. The molecule has 4 radical (unpaired) electrons. The van der Waals surface area contributed by atoms with Crippen LogP contribution in [-0.4, -0.2) is 63.3 Å². The first-order chi connectivity index (χ1) is 8.81. The summed E-state index contributed by atoms with van der Waals surface area (Å²) >= 11 is -2.71. The number of rotatable bonds is 12. The van der Waals surface area contributed by atoms with E-state index in [4.69, 9.17) is 12.3 Å². The normalized spacial score (nSPS) is 10.3. The Bertz CT molecular complexity index is 192. The van der Waals surface area contributed by atoms with E-state index in [1.807, 2.05) is 0 Å². The second-order valence-electron chi connectivity index (χ2n) is 3.73.